The van der Waals surface area contributed by atoms with Gasteiger partial charge in [0.05, 0.1) is 27.8 Å². The molecule has 11 aromatic rings. The van der Waals surface area contributed by atoms with Crippen LogP contribution in [0.2, 0.25) is 0 Å². The lowest BCUT2D eigenvalue weighted by molar-refractivity contribution is 1.07. The van der Waals surface area contributed by atoms with Gasteiger partial charge in [-0.2, -0.15) is 0 Å². The molecule has 0 aliphatic heterocycles. The Bertz CT molecular complexity index is 3200. The summed E-state index contributed by atoms with van der Waals surface area (Å²) in [6, 6.07) is 68.4. The summed E-state index contributed by atoms with van der Waals surface area (Å²) in [5, 5.41) is 4.76. The van der Waals surface area contributed by atoms with Crippen LogP contribution in [0.4, 0.5) is 0 Å². The summed E-state index contributed by atoms with van der Waals surface area (Å²) in [4.78, 5) is 15.1. The van der Waals surface area contributed by atoms with E-state index < -0.39 is 0 Å². The molecule has 0 saturated heterocycles. The first-order valence-corrected chi connectivity index (χ1v) is 19.7. The van der Waals surface area contributed by atoms with Crippen LogP contribution in [0.3, 0.4) is 0 Å². The molecule has 0 spiro atoms. The number of nitrogens with zero attached hydrogens (tertiary/aromatic N) is 5. The molecule has 8 aromatic carbocycles. The van der Waals surface area contributed by atoms with Gasteiger partial charge in [0.25, 0.3) is 0 Å². The summed E-state index contributed by atoms with van der Waals surface area (Å²) in [6.45, 7) is 0. The Balaban J connectivity index is 1.15. The molecule has 0 amide bonds. The molecule has 5 nitrogen and oxygen atoms in total. The highest BCUT2D eigenvalue weighted by Crippen LogP contribution is 2.40. The minimum atomic E-state index is 0.629. The Kier molecular flexibility index (Phi) is 7.92. The number of fused-ring (bicyclic) bond motifs is 6. The van der Waals surface area contributed by atoms with Crippen LogP contribution in [0, 0.1) is 0 Å². The monoisotopic (exact) mass is 741 g/mol. The van der Waals surface area contributed by atoms with Gasteiger partial charge in [0.2, 0.25) is 0 Å². The third kappa shape index (κ3) is 5.58. The van der Waals surface area contributed by atoms with Crippen LogP contribution < -0.4 is 4.43 Å². The summed E-state index contributed by atoms with van der Waals surface area (Å²) in [6.07, 6.45) is 0. The number of hydrogen-bond acceptors (Lipinski definition) is 3. The second-order valence-corrected chi connectivity index (χ2v) is 14.9. The van der Waals surface area contributed by atoms with Crippen LogP contribution in [-0.2, 0) is 0 Å². The predicted octanol–water partition coefficient (Wildman–Crippen LogP) is 11.5. The first kappa shape index (κ1) is 33.3. The van der Waals surface area contributed by atoms with Gasteiger partial charge in [-0.1, -0.05) is 140 Å². The maximum absolute atomic E-state index is 5.09. The molecular formula is C51H32AlN5. The molecule has 57 heavy (non-hydrogen) atoms. The Morgan fingerprint density at radius 1 is 0.316 bits per heavy atom. The molecule has 0 N–H and O–H groups in total. The lowest BCUT2D eigenvalue weighted by Gasteiger charge is -2.15. The molecule has 0 aliphatic carbocycles. The third-order valence-corrected chi connectivity index (χ3v) is 11.4. The van der Waals surface area contributed by atoms with E-state index in [0.717, 1.165) is 65.4 Å². The minimum absolute atomic E-state index is 0.629. The maximum Gasteiger partial charge on any atom is 0.179 e. The van der Waals surface area contributed by atoms with Gasteiger partial charge in [0.1, 0.15) is 0 Å². The molecular weight excluding hydrogens is 710 g/mol. The number of para-hydroxylation sites is 4. The highest BCUT2D eigenvalue weighted by molar-refractivity contribution is 6.35. The van der Waals surface area contributed by atoms with Crippen LogP contribution in [0.1, 0.15) is 0 Å². The van der Waals surface area contributed by atoms with Crippen LogP contribution in [-0.4, -0.2) is 40.4 Å². The van der Waals surface area contributed by atoms with E-state index >= 15 is 0 Å². The van der Waals surface area contributed by atoms with Crippen molar-refractivity contribution in [2.45, 2.75) is 0 Å². The number of benzene rings is 8. The summed E-state index contributed by atoms with van der Waals surface area (Å²) in [7, 11) is 0. The fourth-order valence-electron chi connectivity index (χ4n) is 8.31. The van der Waals surface area contributed by atoms with Crippen molar-refractivity contribution in [2.75, 3.05) is 0 Å². The van der Waals surface area contributed by atoms with Gasteiger partial charge < -0.3 is 9.13 Å². The molecule has 0 unspecified atom stereocenters. The number of rotatable bonds is 6. The molecule has 0 bridgehead atoms. The van der Waals surface area contributed by atoms with E-state index in [-0.39, 0.29) is 0 Å². The zero-order chi connectivity index (χ0) is 37.9. The van der Waals surface area contributed by atoms with Crippen molar-refractivity contribution in [2.24, 2.45) is 0 Å². The Morgan fingerprint density at radius 2 is 0.737 bits per heavy atom. The first-order chi connectivity index (χ1) is 28.2. The molecule has 0 saturated carbocycles. The highest BCUT2D eigenvalue weighted by atomic mass is 27.0. The Labute approximate surface area is 337 Å². The molecule has 3 heterocycles. The topological polar surface area (TPSA) is 48.5 Å². The smallest absolute Gasteiger partial charge is 0.179 e. The van der Waals surface area contributed by atoms with Crippen molar-refractivity contribution in [3.8, 4) is 56.7 Å². The summed E-state index contributed by atoms with van der Waals surface area (Å²) >= 11 is 2.93. The van der Waals surface area contributed by atoms with Gasteiger partial charge in [-0.25, -0.2) is 15.0 Å². The van der Waals surface area contributed by atoms with E-state index in [0.29, 0.717) is 17.5 Å². The van der Waals surface area contributed by atoms with Crippen molar-refractivity contribution < 1.29 is 0 Å². The number of hydrogen-bond donors (Lipinski definition) is 0. The molecule has 6 heteroatoms. The third-order valence-electron chi connectivity index (χ3n) is 10.9. The molecule has 3 aromatic heterocycles. The molecule has 2 radical (unpaired) electrons. The lowest BCUT2D eigenvalue weighted by Crippen LogP contribution is -2.11. The fourth-order valence-corrected chi connectivity index (χ4v) is 8.65. The van der Waals surface area contributed by atoms with Crippen LogP contribution in [0.5, 0.6) is 0 Å². The van der Waals surface area contributed by atoms with Crippen molar-refractivity contribution >= 4 is 64.3 Å². The van der Waals surface area contributed by atoms with Gasteiger partial charge >= 0.3 is 0 Å². The zero-order valence-corrected chi connectivity index (χ0v) is 31.9. The molecule has 0 aliphatic rings. The van der Waals surface area contributed by atoms with Crippen molar-refractivity contribution in [3.05, 3.63) is 194 Å². The Morgan fingerprint density at radius 3 is 1.33 bits per heavy atom. The average molecular weight is 742 g/mol. The van der Waals surface area contributed by atoms with E-state index in [1.165, 1.54) is 21.8 Å². The molecule has 0 atom stereocenters. The lowest BCUT2D eigenvalue weighted by atomic mass is 10.00. The second-order valence-electron chi connectivity index (χ2n) is 14.3. The molecule has 11 rings (SSSR count). The van der Waals surface area contributed by atoms with Crippen LogP contribution in [0.25, 0.3) is 100 Å². The van der Waals surface area contributed by atoms with Gasteiger partial charge in [-0.05, 0) is 60.2 Å². The van der Waals surface area contributed by atoms with E-state index in [2.05, 4.69) is 159 Å². The van der Waals surface area contributed by atoms with Crippen molar-refractivity contribution in [1.82, 2.24) is 24.1 Å². The van der Waals surface area contributed by atoms with E-state index in [4.69, 9.17) is 15.0 Å². The minimum Gasteiger partial charge on any atom is -0.311 e. The predicted molar refractivity (Wildman–Crippen MR) is 236 cm³/mol. The highest BCUT2D eigenvalue weighted by Gasteiger charge is 2.20. The summed E-state index contributed by atoms with van der Waals surface area (Å²) in [5.74, 6) is 1.91. The van der Waals surface area contributed by atoms with Gasteiger partial charge in [0, 0.05) is 49.5 Å². The SMILES string of the molecule is [Al][c]1ccccc1-n1c2ccc(-c3nc(-c4ccccc4)nc(-c4ccccc4)n3)cc2c2cc(-c3ccccc3-n3c4ccccc4c4ccccc43)ccc21. The van der Waals surface area contributed by atoms with Crippen LogP contribution >= 0.6 is 0 Å². The molecule has 0 fully saturated rings. The fraction of sp³-hybridized carbons (Fsp3) is 0. The zero-order valence-electron chi connectivity index (χ0n) is 30.8. The quantitative estimate of drug-likeness (QED) is 0.159. The second kappa shape index (κ2) is 13.6. The van der Waals surface area contributed by atoms with E-state index in [1.807, 2.05) is 60.7 Å². The number of aromatic nitrogens is 5. The van der Waals surface area contributed by atoms with Crippen molar-refractivity contribution in [3.63, 3.8) is 0 Å². The summed E-state index contributed by atoms with van der Waals surface area (Å²) < 4.78 is 5.90. The van der Waals surface area contributed by atoms with E-state index in [1.54, 1.807) is 0 Å². The normalized spacial score (nSPS) is 11.6. The molecule has 264 valence electrons. The van der Waals surface area contributed by atoms with Gasteiger partial charge in [0.15, 0.2) is 33.8 Å². The van der Waals surface area contributed by atoms with E-state index in [9.17, 15) is 0 Å². The first-order valence-electron chi connectivity index (χ1n) is 19.1. The van der Waals surface area contributed by atoms with Crippen molar-refractivity contribution in [1.29, 1.82) is 0 Å². The standard InChI is InChI=1S/C51H32N5.Al/c1-4-16-34(17-5-1)49-52-50(35-18-6-2-7-19-35)54-51(53-49)37-29-31-48-43(33-37)42-32-36(28-30-47(42)55(48)38-20-8-3-9-21-38)39-22-10-13-25-44(39)56-45-26-14-11-23-40(45)41-24-12-15-27-46(41)56;/h1-20,22-33H;. The average Bonchev–Trinajstić information content (AvgIpc) is 3.79. The summed E-state index contributed by atoms with van der Waals surface area (Å²) in [5.41, 5.74) is 12.0. The maximum atomic E-state index is 5.09. The Hall–Kier alpha value is -7.10. The van der Waals surface area contributed by atoms with Crippen LogP contribution in [0.15, 0.2) is 194 Å². The largest absolute Gasteiger partial charge is 0.311 e. The van der Waals surface area contributed by atoms with Gasteiger partial charge in [-0.3, -0.25) is 0 Å². The van der Waals surface area contributed by atoms with Gasteiger partial charge in [-0.15, -0.1) is 4.43 Å².